The second-order valence-electron chi connectivity index (χ2n) is 16.8. The van der Waals surface area contributed by atoms with Crippen molar-refractivity contribution in [2.24, 2.45) is 0 Å². The van der Waals surface area contributed by atoms with E-state index < -0.39 is 0 Å². The van der Waals surface area contributed by atoms with Crippen LogP contribution in [0.15, 0.2) is 203 Å². The third kappa shape index (κ3) is 6.43. The van der Waals surface area contributed by atoms with Crippen LogP contribution in [0.25, 0.3) is 105 Å². The molecule has 0 aliphatic rings. The molecule has 0 spiro atoms. The standard InChI is InChI=1S/C46H33NO2.C14H14/c1-3-28(2)31-22-24-39-35(26-31)43-41(29-14-6-4-7-15-29)46-44(42(45(43)48-39)30-16-8-5-9-17-30)36-27-32(23-25-40(36)49-46)47-37-20-12-10-18-33(37)34-19-11-13-21-38(34)47;1-11-7-3-5-9-13(11)14-10-6-4-8-12(14)2/h4-28H,3H2,1-2H3;3-10H,1-2H3. The smallest absolute Gasteiger partial charge is 0.144 e. The second-order valence-corrected chi connectivity index (χ2v) is 16.8. The van der Waals surface area contributed by atoms with Crippen LogP contribution in [0.2, 0.25) is 0 Å². The summed E-state index contributed by atoms with van der Waals surface area (Å²) in [5.74, 6) is 0.442. The summed E-state index contributed by atoms with van der Waals surface area (Å²) in [6, 6.07) is 69.0. The number of nitrogens with zero attached hydrogens (tertiary/aromatic N) is 1. The van der Waals surface area contributed by atoms with E-state index in [4.69, 9.17) is 8.83 Å². The summed E-state index contributed by atoms with van der Waals surface area (Å²) in [7, 11) is 0. The van der Waals surface area contributed by atoms with Crippen LogP contribution in [-0.4, -0.2) is 4.57 Å². The zero-order chi connectivity index (χ0) is 42.6. The Morgan fingerprint density at radius 1 is 0.444 bits per heavy atom. The fourth-order valence-electron chi connectivity index (χ4n) is 9.67. The van der Waals surface area contributed by atoms with Crippen molar-refractivity contribution in [1.29, 1.82) is 0 Å². The minimum atomic E-state index is 0.442. The molecule has 304 valence electrons. The minimum Gasteiger partial charge on any atom is -0.455 e. The fourth-order valence-corrected chi connectivity index (χ4v) is 9.67. The average molecular weight is 814 g/mol. The van der Waals surface area contributed by atoms with E-state index in [9.17, 15) is 0 Å². The van der Waals surface area contributed by atoms with Crippen molar-refractivity contribution in [1.82, 2.24) is 4.57 Å². The highest BCUT2D eigenvalue weighted by Crippen LogP contribution is 2.51. The average Bonchev–Trinajstić information content (AvgIpc) is 4.01. The van der Waals surface area contributed by atoms with Gasteiger partial charge in [0.1, 0.15) is 22.3 Å². The second kappa shape index (κ2) is 15.7. The Morgan fingerprint density at radius 3 is 1.40 bits per heavy atom. The zero-order valence-electron chi connectivity index (χ0n) is 36.0. The number of para-hydroxylation sites is 2. The van der Waals surface area contributed by atoms with Crippen molar-refractivity contribution < 1.29 is 8.83 Å². The molecule has 0 saturated heterocycles. The summed E-state index contributed by atoms with van der Waals surface area (Å²) < 4.78 is 16.4. The predicted molar refractivity (Wildman–Crippen MR) is 266 cm³/mol. The summed E-state index contributed by atoms with van der Waals surface area (Å²) in [5, 5.41) is 6.83. The van der Waals surface area contributed by atoms with Crippen molar-refractivity contribution in [3.8, 4) is 39.1 Å². The van der Waals surface area contributed by atoms with Gasteiger partial charge >= 0.3 is 0 Å². The van der Waals surface area contributed by atoms with Gasteiger partial charge in [-0.05, 0) is 108 Å². The highest BCUT2D eigenvalue weighted by Gasteiger charge is 2.27. The van der Waals surface area contributed by atoms with Gasteiger partial charge in [-0.15, -0.1) is 0 Å². The fraction of sp³-hybridized carbons (Fsp3) is 0.100. The molecule has 3 nitrogen and oxygen atoms in total. The first-order valence-corrected chi connectivity index (χ1v) is 22.1. The molecule has 1 unspecified atom stereocenters. The minimum absolute atomic E-state index is 0.442. The van der Waals surface area contributed by atoms with Crippen LogP contribution in [0.5, 0.6) is 0 Å². The van der Waals surface area contributed by atoms with Gasteiger partial charge in [0, 0.05) is 49.1 Å². The zero-order valence-corrected chi connectivity index (χ0v) is 36.0. The van der Waals surface area contributed by atoms with Crippen molar-refractivity contribution >= 4 is 65.7 Å². The van der Waals surface area contributed by atoms with E-state index in [0.717, 1.165) is 78.2 Å². The number of aromatic nitrogens is 1. The molecule has 1 atom stereocenters. The molecular formula is C60H47NO2. The number of furan rings is 2. The van der Waals surface area contributed by atoms with E-state index in [-0.39, 0.29) is 0 Å². The van der Waals surface area contributed by atoms with Gasteiger partial charge in [-0.2, -0.15) is 0 Å². The van der Waals surface area contributed by atoms with Crippen LogP contribution in [0, 0.1) is 13.8 Å². The number of aryl methyl sites for hydroxylation is 2. The molecule has 63 heavy (non-hydrogen) atoms. The number of rotatable bonds is 6. The normalized spacial score (nSPS) is 12.1. The Hall–Kier alpha value is -7.62. The van der Waals surface area contributed by atoms with Crippen LogP contribution in [0.3, 0.4) is 0 Å². The van der Waals surface area contributed by atoms with Crippen LogP contribution >= 0.6 is 0 Å². The third-order valence-electron chi connectivity index (χ3n) is 13.1. The maximum Gasteiger partial charge on any atom is 0.144 e. The molecule has 12 aromatic rings. The Kier molecular flexibility index (Phi) is 9.54. The van der Waals surface area contributed by atoms with Crippen LogP contribution in [-0.2, 0) is 0 Å². The molecule has 9 aromatic carbocycles. The van der Waals surface area contributed by atoms with Crippen LogP contribution < -0.4 is 0 Å². The van der Waals surface area contributed by atoms with Gasteiger partial charge in [0.2, 0.25) is 0 Å². The molecule has 0 radical (unpaired) electrons. The van der Waals surface area contributed by atoms with Crippen molar-refractivity contribution in [3.63, 3.8) is 0 Å². The molecule has 3 heterocycles. The third-order valence-corrected chi connectivity index (χ3v) is 13.1. The van der Waals surface area contributed by atoms with Crippen LogP contribution in [0.4, 0.5) is 0 Å². The predicted octanol–water partition coefficient (Wildman–Crippen LogP) is 17.4. The van der Waals surface area contributed by atoms with Gasteiger partial charge in [0.05, 0.1) is 11.0 Å². The lowest BCUT2D eigenvalue weighted by atomic mass is 9.89. The van der Waals surface area contributed by atoms with E-state index in [1.54, 1.807) is 0 Å². The quantitative estimate of drug-likeness (QED) is 0.167. The van der Waals surface area contributed by atoms with Gasteiger partial charge in [-0.1, -0.05) is 166 Å². The van der Waals surface area contributed by atoms with E-state index in [1.165, 1.54) is 49.6 Å². The first-order valence-electron chi connectivity index (χ1n) is 22.1. The Morgan fingerprint density at radius 2 is 0.889 bits per heavy atom. The molecule has 12 rings (SSSR count). The van der Waals surface area contributed by atoms with Crippen molar-refractivity contribution in [2.75, 3.05) is 0 Å². The number of hydrogen-bond donors (Lipinski definition) is 0. The van der Waals surface area contributed by atoms with E-state index >= 15 is 0 Å². The molecule has 0 N–H and O–H groups in total. The molecule has 0 aliphatic carbocycles. The molecule has 3 aromatic heterocycles. The first kappa shape index (κ1) is 38.3. The molecule has 3 heteroatoms. The number of fused-ring (bicyclic) bond motifs is 9. The maximum atomic E-state index is 7.02. The van der Waals surface area contributed by atoms with Crippen LogP contribution in [0.1, 0.15) is 42.9 Å². The highest BCUT2D eigenvalue weighted by atomic mass is 16.3. The van der Waals surface area contributed by atoms with Crippen molar-refractivity contribution in [3.05, 3.63) is 211 Å². The lowest BCUT2D eigenvalue weighted by molar-refractivity contribution is 0.665. The Balaban J connectivity index is 0.000000271. The molecule has 0 bridgehead atoms. The lowest BCUT2D eigenvalue weighted by Crippen LogP contribution is -1.93. The molecule has 0 saturated carbocycles. The number of benzene rings is 9. The van der Waals surface area contributed by atoms with E-state index in [0.29, 0.717) is 5.92 Å². The molecule has 0 aliphatic heterocycles. The first-order chi connectivity index (χ1) is 31.0. The topological polar surface area (TPSA) is 31.2 Å². The van der Waals surface area contributed by atoms with Gasteiger partial charge in [0.25, 0.3) is 0 Å². The van der Waals surface area contributed by atoms with E-state index in [2.05, 4.69) is 226 Å². The van der Waals surface area contributed by atoms with Gasteiger partial charge < -0.3 is 13.4 Å². The van der Waals surface area contributed by atoms with Gasteiger partial charge in [0.15, 0.2) is 0 Å². The summed E-state index contributed by atoms with van der Waals surface area (Å²) in [5.41, 5.74) is 18.0. The summed E-state index contributed by atoms with van der Waals surface area (Å²) in [4.78, 5) is 0. The summed E-state index contributed by atoms with van der Waals surface area (Å²) >= 11 is 0. The summed E-state index contributed by atoms with van der Waals surface area (Å²) in [6.45, 7) is 8.85. The molecular weight excluding hydrogens is 767 g/mol. The Labute approximate surface area is 367 Å². The largest absolute Gasteiger partial charge is 0.455 e. The SMILES string of the molecule is CCC(C)c1ccc2oc3c(-c4ccccc4)c4c(oc5ccc(-n6c7ccccc7c7ccccc76)cc54)c(-c4ccccc4)c3c2c1.Cc1ccccc1-c1ccccc1C. The monoisotopic (exact) mass is 813 g/mol. The Bertz CT molecular complexity index is 3540. The van der Waals surface area contributed by atoms with Gasteiger partial charge in [-0.3, -0.25) is 0 Å². The summed E-state index contributed by atoms with van der Waals surface area (Å²) in [6.07, 6.45) is 1.07. The van der Waals surface area contributed by atoms with E-state index in [1.807, 2.05) is 0 Å². The number of hydrogen-bond acceptors (Lipinski definition) is 2. The molecule has 0 fully saturated rings. The maximum absolute atomic E-state index is 7.02. The lowest BCUT2D eigenvalue weighted by Gasteiger charge is -2.12. The van der Waals surface area contributed by atoms with Gasteiger partial charge in [-0.25, -0.2) is 0 Å². The highest BCUT2D eigenvalue weighted by molar-refractivity contribution is 6.30. The van der Waals surface area contributed by atoms with Crippen molar-refractivity contribution in [2.45, 2.75) is 40.0 Å². The molecule has 0 amide bonds.